The molecule has 5 aliphatic rings. The Bertz CT molecular complexity index is 2010. The number of aliphatic imine (C=N–C) groups is 1. The Balaban J connectivity index is 1.49. The maximum atomic E-state index is 15.0. The van der Waals surface area contributed by atoms with Gasteiger partial charge in [-0.3, -0.25) is 9.79 Å². The van der Waals surface area contributed by atoms with E-state index in [1.165, 1.54) is 0 Å². The molecule has 1 N–H and O–H groups in total. The fraction of sp³-hybridized carbons (Fsp3) is 0.714. The van der Waals surface area contributed by atoms with Crippen molar-refractivity contribution in [2.75, 3.05) is 41.5 Å². The first-order valence-electron chi connectivity index (χ1n) is 25.8. The van der Waals surface area contributed by atoms with E-state index in [4.69, 9.17) is 57.1 Å². The fourth-order valence-corrected chi connectivity index (χ4v) is 11.4. The van der Waals surface area contributed by atoms with Crippen LogP contribution in [0, 0.1) is 17.8 Å². The normalized spacial score (nSPS) is 40.3. The van der Waals surface area contributed by atoms with Crippen molar-refractivity contribution < 1.29 is 62.0 Å². The Kier molecular flexibility index (Phi) is 20.3. The van der Waals surface area contributed by atoms with Crippen LogP contribution in [-0.4, -0.2) is 154 Å². The van der Waals surface area contributed by atoms with Crippen LogP contribution in [0.5, 0.6) is 0 Å². The average Bonchev–Trinajstić information content (AvgIpc) is 3.33. The third-order valence-corrected chi connectivity index (χ3v) is 15.4. The number of benzene rings is 2. The summed E-state index contributed by atoms with van der Waals surface area (Å²) in [5.74, 6) is -2.37. The number of likely N-dealkylation sites (N-methyl/N-ethyl adjacent to an activating group) is 1. The average molecular weight is 995 g/mol. The summed E-state index contributed by atoms with van der Waals surface area (Å²) >= 11 is 0. The van der Waals surface area contributed by atoms with E-state index in [1.807, 2.05) is 102 Å². The molecule has 2 bridgehead atoms. The summed E-state index contributed by atoms with van der Waals surface area (Å²) in [6.45, 7) is 20.5. The molecule has 0 spiro atoms. The summed E-state index contributed by atoms with van der Waals surface area (Å²) < 4.78 is 74.0. The van der Waals surface area contributed by atoms with Gasteiger partial charge in [-0.1, -0.05) is 81.4 Å². The second kappa shape index (κ2) is 25.3. The monoisotopic (exact) mass is 995 g/mol. The predicted molar refractivity (Wildman–Crippen MR) is 271 cm³/mol. The number of hydrogen-bond donors (Lipinski definition) is 1. The number of methoxy groups -OCH3 is 2. The second-order valence-corrected chi connectivity index (χ2v) is 21.4. The van der Waals surface area contributed by atoms with Crippen LogP contribution >= 0.6 is 0 Å². The summed E-state index contributed by atoms with van der Waals surface area (Å²) in [6, 6.07) is 19.4. The molecule has 0 amide bonds. The summed E-state index contributed by atoms with van der Waals surface area (Å²) in [7, 11) is 7.42. The smallest absolute Gasteiger partial charge is 0.311 e. The number of aliphatic hydroxyl groups is 1. The molecule has 0 radical (unpaired) electrons. The highest BCUT2D eigenvalue weighted by molar-refractivity contribution is 5.88. The Morgan fingerprint density at radius 1 is 0.817 bits per heavy atom. The second-order valence-electron chi connectivity index (χ2n) is 21.4. The highest BCUT2D eigenvalue weighted by atomic mass is 16.7. The number of nitrogens with zero attached hydrogens (tertiary/aromatic N) is 2. The Morgan fingerprint density at radius 2 is 1.46 bits per heavy atom. The lowest BCUT2D eigenvalue weighted by Gasteiger charge is -2.50. The van der Waals surface area contributed by atoms with Crippen molar-refractivity contribution in [3.63, 3.8) is 0 Å². The van der Waals surface area contributed by atoms with E-state index < -0.39 is 96.0 Å². The van der Waals surface area contributed by atoms with Crippen LogP contribution in [-0.2, 0) is 70.1 Å². The summed E-state index contributed by atoms with van der Waals surface area (Å²) in [5.41, 5.74) is -0.866. The topological polar surface area (TPSA) is 154 Å². The molecule has 15 heteroatoms. The van der Waals surface area contributed by atoms with Crippen molar-refractivity contribution in [3.8, 4) is 0 Å². The van der Waals surface area contributed by atoms with E-state index >= 15 is 4.79 Å². The van der Waals surface area contributed by atoms with Crippen molar-refractivity contribution in [2.24, 2.45) is 22.7 Å². The van der Waals surface area contributed by atoms with Crippen LogP contribution < -0.4 is 0 Å². The molecule has 0 saturated carbocycles. The van der Waals surface area contributed by atoms with E-state index in [2.05, 4.69) is 32.8 Å². The lowest BCUT2D eigenvalue weighted by Crippen LogP contribution is -2.61. The molecule has 5 aliphatic heterocycles. The summed E-state index contributed by atoms with van der Waals surface area (Å²) in [5, 5.41) is 12.6. The summed E-state index contributed by atoms with van der Waals surface area (Å²) in [6.07, 6.45) is -2.08. The number of rotatable bonds is 15. The molecule has 18 atom stereocenters. The zero-order chi connectivity index (χ0) is 51.7. The molecule has 2 fully saturated rings. The fourth-order valence-electron chi connectivity index (χ4n) is 11.4. The van der Waals surface area contributed by atoms with Crippen molar-refractivity contribution in [2.45, 2.75) is 198 Å². The molecule has 0 aliphatic carbocycles. The lowest BCUT2D eigenvalue weighted by molar-refractivity contribution is -0.326. The molecular weight excluding hydrogens is 909 g/mol. The van der Waals surface area contributed by atoms with Gasteiger partial charge < -0.3 is 62.1 Å². The van der Waals surface area contributed by atoms with E-state index in [9.17, 15) is 5.11 Å². The zero-order valence-corrected chi connectivity index (χ0v) is 45.0. The molecule has 5 heterocycles. The maximum absolute atomic E-state index is 15.0. The molecule has 71 heavy (non-hydrogen) atoms. The zero-order valence-electron chi connectivity index (χ0n) is 45.0. The molecule has 2 unspecified atom stereocenters. The molecule has 2 aromatic carbocycles. The molecule has 0 aromatic heterocycles. The largest absolute Gasteiger partial charge is 0.493 e. The predicted octanol–water partition coefficient (Wildman–Crippen LogP) is 8.08. The van der Waals surface area contributed by atoms with Gasteiger partial charge in [0.15, 0.2) is 18.7 Å². The van der Waals surface area contributed by atoms with E-state index in [0.717, 1.165) is 16.8 Å². The number of hydrogen-bond acceptors (Lipinski definition) is 15. The third kappa shape index (κ3) is 13.9. The highest BCUT2D eigenvalue weighted by Gasteiger charge is 2.54. The van der Waals surface area contributed by atoms with E-state index in [-0.39, 0.29) is 44.1 Å². The summed E-state index contributed by atoms with van der Waals surface area (Å²) in [4.78, 5) is 22.4. The van der Waals surface area contributed by atoms with Gasteiger partial charge >= 0.3 is 5.97 Å². The standard InChI is InChI=1S/C56H86N2O13/c1-15-45-56(10,60)50-39(6)57-43(34-61-13)35(2)30-55(9,66-28-22-27-63-50)49(71-53-48(44(58(11)12)29-36(3)67-53)64-32-41-23-18-16-19-24-41)37(4)47(38(5)52(59)69-45)70-46-31-54(8,62-14)51(40(7)68-46)65-33-42-25-20-17-21-26-42/h16-27,35-40,44-51,53,60H,15,28-34H2,1-14H3/b27-22+,57-43?/t35-,36-,37+,38?,39-,40+,44+,45-,46+,47?,48-,49-,50+,51+,53+,54-,55-,56-/m1/s1. The van der Waals surface area contributed by atoms with E-state index in [1.54, 1.807) is 40.4 Å². The molecule has 398 valence electrons. The van der Waals surface area contributed by atoms with Crippen LogP contribution in [0.1, 0.15) is 106 Å². The molecule has 2 aromatic rings. The van der Waals surface area contributed by atoms with Gasteiger partial charge in [-0.2, -0.15) is 0 Å². The van der Waals surface area contributed by atoms with Crippen LogP contribution in [0.15, 0.2) is 78.0 Å². The maximum Gasteiger partial charge on any atom is 0.311 e. The van der Waals surface area contributed by atoms with Gasteiger partial charge in [0.1, 0.15) is 23.9 Å². The number of esters is 1. The Labute approximate surface area is 424 Å². The van der Waals surface area contributed by atoms with Crippen LogP contribution in [0.25, 0.3) is 0 Å². The molecule has 2 saturated heterocycles. The van der Waals surface area contributed by atoms with Gasteiger partial charge in [-0.15, -0.1) is 0 Å². The van der Waals surface area contributed by atoms with Crippen molar-refractivity contribution in [1.82, 2.24) is 4.90 Å². The molecule has 15 nitrogen and oxygen atoms in total. The SMILES string of the molecule is CC[C@H]1OC(=O)C(C)C(O[C@H]2C[C@@](C)(OC)[C@@H](OCc3ccccc3)[C@H](C)O2)[C@H](C)[C@@H](O[C@@H]2O[C@H](C)C[C@H](N(C)C)[C@H]2OCc2ccccc2)[C@@]2(C)C[C@@H](C)C(COC)=N[C@H](C)[C@H](O/C=C/CO2)[C@]1(C)O. The third-order valence-electron chi connectivity index (χ3n) is 15.4. The van der Waals surface area contributed by atoms with Gasteiger partial charge in [-0.05, 0) is 105 Å². The molecular formula is C56H86N2O13. The Hall–Kier alpha value is -3.32. The number of fused-ring (bicyclic) bond motifs is 13. The first kappa shape index (κ1) is 57.0. The highest BCUT2D eigenvalue weighted by Crippen LogP contribution is 2.43. The number of carbonyl (C=O) groups excluding carboxylic acids is 1. The van der Waals surface area contributed by atoms with Crippen LogP contribution in [0.3, 0.4) is 0 Å². The molecule has 7 rings (SSSR count). The first-order chi connectivity index (χ1) is 33.7. The van der Waals surface area contributed by atoms with Crippen LogP contribution in [0.4, 0.5) is 0 Å². The van der Waals surface area contributed by atoms with Crippen molar-refractivity contribution in [1.29, 1.82) is 0 Å². The van der Waals surface area contributed by atoms with Gasteiger partial charge in [-0.25, -0.2) is 0 Å². The van der Waals surface area contributed by atoms with Crippen molar-refractivity contribution >= 4 is 11.7 Å². The van der Waals surface area contributed by atoms with Gasteiger partial charge in [0.25, 0.3) is 0 Å². The first-order valence-corrected chi connectivity index (χ1v) is 25.8. The quantitative estimate of drug-likeness (QED) is 0.171. The van der Waals surface area contributed by atoms with Gasteiger partial charge in [0.2, 0.25) is 0 Å². The van der Waals surface area contributed by atoms with Gasteiger partial charge in [0.05, 0.1) is 80.3 Å². The lowest BCUT2D eigenvalue weighted by atomic mass is 9.76. The van der Waals surface area contributed by atoms with Crippen molar-refractivity contribution in [3.05, 3.63) is 84.1 Å². The minimum Gasteiger partial charge on any atom is -0.493 e. The van der Waals surface area contributed by atoms with Crippen LogP contribution in [0.2, 0.25) is 0 Å². The van der Waals surface area contributed by atoms with Gasteiger partial charge in [0, 0.05) is 38.3 Å². The van der Waals surface area contributed by atoms with E-state index in [0.29, 0.717) is 26.1 Å². The number of ether oxygens (including phenoxy) is 11. The minimum absolute atomic E-state index is 0.0791. The minimum atomic E-state index is -1.70. The number of carbonyl (C=O) groups is 1. The Morgan fingerprint density at radius 3 is 2.07 bits per heavy atom.